The molecule has 2 amide bonds. The number of hydrogen-bond donors (Lipinski definition) is 1. The summed E-state index contributed by atoms with van der Waals surface area (Å²) in [7, 11) is 0. The molecule has 1 aliphatic rings. The van der Waals surface area contributed by atoms with Crippen molar-refractivity contribution in [1.82, 2.24) is 24.7 Å². The van der Waals surface area contributed by atoms with Crippen LogP contribution in [0.5, 0.6) is 0 Å². The first-order valence-corrected chi connectivity index (χ1v) is 8.93. The lowest BCUT2D eigenvalue weighted by atomic mass is 10.3. The number of thiazole rings is 1. The van der Waals surface area contributed by atoms with Gasteiger partial charge in [0.2, 0.25) is 11.8 Å². The van der Waals surface area contributed by atoms with Crippen molar-refractivity contribution in [3.05, 3.63) is 42.1 Å². The van der Waals surface area contributed by atoms with Gasteiger partial charge in [0.15, 0.2) is 10.9 Å². The van der Waals surface area contributed by atoms with E-state index in [1.54, 1.807) is 23.2 Å². The first-order chi connectivity index (χ1) is 12.7. The standard InChI is InChI=1S/C16H15N7O2S/c24-13(7-11-8-26-16(20-11)22-6-2-4-14(22)25)21-12-3-1-5-18-15(12)23-10-17-9-19-23/h1,3,5,8-10H,2,4,6-7H2,(H,21,24). The number of carbonyl (C=O) groups is 2. The van der Waals surface area contributed by atoms with E-state index >= 15 is 0 Å². The van der Waals surface area contributed by atoms with Crippen LogP contribution in [-0.4, -0.2) is 43.1 Å². The van der Waals surface area contributed by atoms with Gasteiger partial charge in [-0.1, -0.05) is 0 Å². The van der Waals surface area contributed by atoms with E-state index in [1.165, 1.54) is 28.7 Å². The molecule has 0 radical (unpaired) electrons. The number of anilines is 2. The molecule has 1 aliphatic heterocycles. The molecule has 26 heavy (non-hydrogen) atoms. The highest BCUT2D eigenvalue weighted by Crippen LogP contribution is 2.25. The van der Waals surface area contributed by atoms with Crippen LogP contribution >= 0.6 is 11.3 Å². The molecule has 0 aromatic carbocycles. The Hall–Kier alpha value is -3.14. The molecule has 1 N–H and O–H groups in total. The smallest absolute Gasteiger partial charge is 0.230 e. The van der Waals surface area contributed by atoms with Crippen molar-refractivity contribution in [1.29, 1.82) is 0 Å². The maximum atomic E-state index is 12.4. The van der Waals surface area contributed by atoms with Gasteiger partial charge in [-0.05, 0) is 18.6 Å². The number of nitrogens with zero attached hydrogens (tertiary/aromatic N) is 6. The summed E-state index contributed by atoms with van der Waals surface area (Å²) in [5.41, 5.74) is 1.17. The molecular weight excluding hydrogens is 354 g/mol. The van der Waals surface area contributed by atoms with E-state index in [9.17, 15) is 9.59 Å². The molecule has 3 aromatic heterocycles. The number of aromatic nitrogens is 5. The van der Waals surface area contributed by atoms with Gasteiger partial charge in [-0.25, -0.2) is 19.6 Å². The molecule has 1 saturated heterocycles. The van der Waals surface area contributed by atoms with Crippen LogP contribution in [0.2, 0.25) is 0 Å². The van der Waals surface area contributed by atoms with E-state index in [1.807, 2.05) is 5.38 Å². The van der Waals surface area contributed by atoms with E-state index in [4.69, 9.17) is 0 Å². The van der Waals surface area contributed by atoms with Gasteiger partial charge in [-0.15, -0.1) is 11.3 Å². The van der Waals surface area contributed by atoms with Crippen molar-refractivity contribution >= 4 is 34.0 Å². The summed E-state index contributed by atoms with van der Waals surface area (Å²) in [6.45, 7) is 0.689. The Morgan fingerprint density at radius 1 is 1.38 bits per heavy atom. The number of hydrogen-bond acceptors (Lipinski definition) is 7. The minimum Gasteiger partial charge on any atom is -0.323 e. The zero-order chi connectivity index (χ0) is 17.9. The molecule has 10 heteroatoms. The maximum Gasteiger partial charge on any atom is 0.230 e. The van der Waals surface area contributed by atoms with E-state index in [2.05, 4.69) is 25.4 Å². The van der Waals surface area contributed by atoms with Crippen LogP contribution in [0.1, 0.15) is 18.5 Å². The fraction of sp³-hybridized carbons (Fsp3) is 0.250. The second-order valence-corrected chi connectivity index (χ2v) is 6.55. The Morgan fingerprint density at radius 2 is 2.31 bits per heavy atom. The molecule has 1 fully saturated rings. The molecule has 0 unspecified atom stereocenters. The Bertz CT molecular complexity index is 938. The van der Waals surface area contributed by atoms with Crippen LogP contribution in [0.4, 0.5) is 10.8 Å². The quantitative estimate of drug-likeness (QED) is 0.729. The van der Waals surface area contributed by atoms with E-state index < -0.39 is 0 Å². The average molecular weight is 369 g/mol. The molecule has 4 rings (SSSR count). The number of amides is 2. The lowest BCUT2D eigenvalue weighted by molar-refractivity contribution is -0.117. The van der Waals surface area contributed by atoms with Gasteiger partial charge in [0.25, 0.3) is 0 Å². The summed E-state index contributed by atoms with van der Waals surface area (Å²) in [5.74, 6) is 0.354. The highest BCUT2D eigenvalue weighted by atomic mass is 32.1. The maximum absolute atomic E-state index is 12.4. The molecule has 0 saturated carbocycles. The van der Waals surface area contributed by atoms with Crippen molar-refractivity contribution < 1.29 is 9.59 Å². The summed E-state index contributed by atoms with van der Waals surface area (Å²) >= 11 is 1.38. The summed E-state index contributed by atoms with van der Waals surface area (Å²) in [4.78, 5) is 38.4. The second-order valence-electron chi connectivity index (χ2n) is 5.71. The molecule has 9 nitrogen and oxygen atoms in total. The molecule has 4 heterocycles. The monoisotopic (exact) mass is 369 g/mol. The lowest BCUT2D eigenvalue weighted by Crippen LogP contribution is -2.23. The summed E-state index contributed by atoms with van der Waals surface area (Å²) in [5, 5.41) is 9.33. The fourth-order valence-electron chi connectivity index (χ4n) is 2.71. The zero-order valence-electron chi connectivity index (χ0n) is 13.7. The van der Waals surface area contributed by atoms with Crippen molar-refractivity contribution in [2.75, 3.05) is 16.8 Å². The topological polar surface area (TPSA) is 106 Å². The Kier molecular flexibility index (Phi) is 4.40. The van der Waals surface area contributed by atoms with Gasteiger partial charge in [-0.3, -0.25) is 14.5 Å². The summed E-state index contributed by atoms with van der Waals surface area (Å²) in [6.07, 6.45) is 6.05. The molecule has 0 atom stereocenters. The van der Waals surface area contributed by atoms with Crippen molar-refractivity contribution in [3.8, 4) is 5.82 Å². The number of pyridine rings is 1. The van der Waals surface area contributed by atoms with Crippen molar-refractivity contribution in [2.24, 2.45) is 0 Å². The third-order valence-electron chi connectivity index (χ3n) is 3.88. The van der Waals surface area contributed by atoms with Gasteiger partial charge >= 0.3 is 0 Å². The van der Waals surface area contributed by atoms with Gasteiger partial charge in [-0.2, -0.15) is 5.10 Å². The third kappa shape index (κ3) is 3.31. The van der Waals surface area contributed by atoms with Crippen molar-refractivity contribution in [3.63, 3.8) is 0 Å². The minimum atomic E-state index is -0.219. The number of nitrogens with one attached hydrogen (secondary N) is 1. The first kappa shape index (κ1) is 16.3. The Morgan fingerprint density at radius 3 is 3.08 bits per heavy atom. The minimum absolute atomic E-state index is 0.0863. The van der Waals surface area contributed by atoms with Gasteiger partial charge in [0, 0.05) is 24.5 Å². The van der Waals surface area contributed by atoms with Crippen LogP contribution in [-0.2, 0) is 16.0 Å². The van der Waals surface area contributed by atoms with Crippen LogP contribution in [0.15, 0.2) is 36.4 Å². The second kappa shape index (κ2) is 7.00. The van der Waals surface area contributed by atoms with Gasteiger partial charge in [0.05, 0.1) is 17.8 Å². The first-order valence-electron chi connectivity index (χ1n) is 8.05. The molecule has 0 spiro atoms. The van der Waals surface area contributed by atoms with Crippen LogP contribution in [0.3, 0.4) is 0 Å². The van der Waals surface area contributed by atoms with E-state index in [0.29, 0.717) is 35.3 Å². The number of rotatable bonds is 5. The summed E-state index contributed by atoms with van der Waals surface area (Å²) in [6, 6.07) is 3.48. The predicted molar refractivity (Wildman–Crippen MR) is 95.2 cm³/mol. The highest BCUT2D eigenvalue weighted by molar-refractivity contribution is 7.14. The Labute approximate surface area is 152 Å². The van der Waals surface area contributed by atoms with E-state index in [0.717, 1.165) is 6.42 Å². The average Bonchev–Trinajstić information content (AvgIpc) is 3.37. The number of carbonyl (C=O) groups excluding carboxylic acids is 2. The normalized spacial score (nSPS) is 14.0. The Balaban J connectivity index is 1.45. The molecule has 0 aliphatic carbocycles. The summed E-state index contributed by atoms with van der Waals surface area (Å²) < 4.78 is 1.48. The molecule has 0 bridgehead atoms. The largest absolute Gasteiger partial charge is 0.323 e. The SMILES string of the molecule is O=C(Cc1csc(N2CCCC2=O)n1)Nc1cccnc1-n1cncn1. The lowest BCUT2D eigenvalue weighted by Gasteiger charge is -2.10. The molecular formula is C16H15N7O2S. The zero-order valence-corrected chi connectivity index (χ0v) is 14.5. The third-order valence-corrected chi connectivity index (χ3v) is 4.79. The van der Waals surface area contributed by atoms with E-state index in [-0.39, 0.29) is 18.2 Å². The van der Waals surface area contributed by atoms with Crippen molar-refractivity contribution in [2.45, 2.75) is 19.3 Å². The predicted octanol–water partition coefficient (Wildman–Crippen LogP) is 1.43. The van der Waals surface area contributed by atoms with Crippen LogP contribution in [0, 0.1) is 0 Å². The van der Waals surface area contributed by atoms with Crippen LogP contribution < -0.4 is 10.2 Å². The van der Waals surface area contributed by atoms with Gasteiger partial charge < -0.3 is 5.32 Å². The molecule has 132 valence electrons. The van der Waals surface area contributed by atoms with Crippen LogP contribution in [0.25, 0.3) is 5.82 Å². The highest BCUT2D eigenvalue weighted by Gasteiger charge is 2.24. The molecule has 3 aromatic rings. The fourth-order valence-corrected chi connectivity index (χ4v) is 3.57. The van der Waals surface area contributed by atoms with Gasteiger partial charge in [0.1, 0.15) is 12.7 Å².